The van der Waals surface area contributed by atoms with Crippen molar-refractivity contribution < 1.29 is 9.59 Å². The third kappa shape index (κ3) is 2.60. The summed E-state index contributed by atoms with van der Waals surface area (Å²) in [5, 5.41) is 2.99. The normalized spacial score (nSPS) is 29.8. The molecule has 1 saturated heterocycles. The second-order valence-electron chi connectivity index (χ2n) is 6.62. The maximum absolute atomic E-state index is 12.3. The molecule has 0 aromatic heterocycles. The highest BCUT2D eigenvalue weighted by Crippen LogP contribution is 2.47. The van der Waals surface area contributed by atoms with Gasteiger partial charge in [-0.1, -0.05) is 6.08 Å². The number of hydrogen-bond acceptors (Lipinski definition) is 2. The van der Waals surface area contributed by atoms with Crippen molar-refractivity contribution in [2.45, 2.75) is 51.9 Å². The zero-order valence-electron chi connectivity index (χ0n) is 12.3. The summed E-state index contributed by atoms with van der Waals surface area (Å²) < 4.78 is 0. The van der Waals surface area contributed by atoms with Crippen LogP contribution in [0.15, 0.2) is 11.8 Å². The van der Waals surface area contributed by atoms with E-state index >= 15 is 0 Å². The van der Waals surface area contributed by atoms with Gasteiger partial charge in [0.2, 0.25) is 11.8 Å². The Kier molecular flexibility index (Phi) is 3.57. The van der Waals surface area contributed by atoms with Crippen molar-refractivity contribution in [1.29, 1.82) is 0 Å². The fourth-order valence-corrected chi connectivity index (χ4v) is 3.61. The van der Waals surface area contributed by atoms with E-state index < -0.39 is 0 Å². The lowest BCUT2D eigenvalue weighted by Crippen LogP contribution is -2.50. The highest BCUT2D eigenvalue weighted by molar-refractivity contribution is 5.80. The van der Waals surface area contributed by atoms with Crippen molar-refractivity contribution >= 4 is 11.8 Å². The molecule has 0 aromatic carbocycles. The van der Waals surface area contributed by atoms with Crippen LogP contribution >= 0.6 is 0 Å². The van der Waals surface area contributed by atoms with Gasteiger partial charge in [0.05, 0.1) is 0 Å². The van der Waals surface area contributed by atoms with Crippen molar-refractivity contribution in [2.75, 3.05) is 13.1 Å². The fraction of sp³-hybridized carbons (Fsp3) is 0.750. The zero-order valence-corrected chi connectivity index (χ0v) is 12.3. The van der Waals surface area contributed by atoms with Gasteiger partial charge < -0.3 is 10.2 Å². The van der Waals surface area contributed by atoms with E-state index in [0.717, 1.165) is 32.2 Å². The first-order chi connectivity index (χ1) is 9.61. The predicted octanol–water partition coefficient (Wildman–Crippen LogP) is 2.21. The van der Waals surface area contributed by atoms with E-state index in [1.54, 1.807) is 6.92 Å². The number of amides is 2. The molecule has 0 spiro atoms. The maximum atomic E-state index is 12.3. The van der Waals surface area contributed by atoms with E-state index in [-0.39, 0.29) is 17.2 Å². The van der Waals surface area contributed by atoms with Crippen molar-refractivity contribution in [3.8, 4) is 0 Å². The van der Waals surface area contributed by atoms with Gasteiger partial charge in [0, 0.05) is 37.5 Å². The maximum Gasteiger partial charge on any atom is 0.226 e. The molecule has 110 valence electrons. The Morgan fingerprint density at radius 1 is 1.45 bits per heavy atom. The van der Waals surface area contributed by atoms with Crippen molar-refractivity contribution in [3.05, 3.63) is 11.8 Å². The summed E-state index contributed by atoms with van der Waals surface area (Å²) in [4.78, 5) is 25.6. The number of hydrogen-bond donors (Lipinski definition) is 1. The minimum absolute atomic E-state index is 0.00667. The molecule has 1 N–H and O–H groups in total. The standard InChI is InChI=1S/C16H24N2O2/c1-12(19)17-11-16-8-3-2-4-14(16)18(10-13-5-6-13)15(20)7-9-16/h4,13H,2-3,5-11H2,1H3,(H,17,19). The van der Waals surface area contributed by atoms with Crippen LogP contribution in [0, 0.1) is 11.3 Å². The van der Waals surface area contributed by atoms with E-state index in [2.05, 4.69) is 11.4 Å². The van der Waals surface area contributed by atoms with Crippen molar-refractivity contribution in [3.63, 3.8) is 0 Å². The number of nitrogens with one attached hydrogen (secondary N) is 1. The van der Waals surface area contributed by atoms with Gasteiger partial charge >= 0.3 is 0 Å². The van der Waals surface area contributed by atoms with Crippen LogP contribution in [-0.2, 0) is 9.59 Å². The summed E-state index contributed by atoms with van der Waals surface area (Å²) in [7, 11) is 0. The van der Waals surface area contributed by atoms with Gasteiger partial charge in [-0.2, -0.15) is 0 Å². The molecular formula is C16H24N2O2. The van der Waals surface area contributed by atoms with Gasteiger partial charge in [-0.25, -0.2) is 0 Å². The summed E-state index contributed by atoms with van der Waals surface area (Å²) in [6.45, 7) is 3.15. The molecular weight excluding hydrogens is 252 g/mol. The van der Waals surface area contributed by atoms with Crippen LogP contribution in [0.1, 0.15) is 51.9 Å². The summed E-state index contributed by atoms with van der Waals surface area (Å²) in [6, 6.07) is 0. The molecule has 2 fully saturated rings. The lowest BCUT2D eigenvalue weighted by Gasteiger charge is -2.47. The Balaban J connectivity index is 1.82. The first-order valence-electron chi connectivity index (χ1n) is 7.86. The number of carbonyl (C=O) groups is 2. The third-order valence-corrected chi connectivity index (χ3v) is 4.96. The molecule has 0 radical (unpaired) electrons. The average Bonchev–Trinajstić information content (AvgIpc) is 3.24. The molecule has 20 heavy (non-hydrogen) atoms. The van der Waals surface area contributed by atoms with Crippen LogP contribution in [0.2, 0.25) is 0 Å². The lowest BCUT2D eigenvalue weighted by atomic mass is 9.69. The second kappa shape index (κ2) is 5.23. The largest absolute Gasteiger partial charge is 0.355 e. The van der Waals surface area contributed by atoms with Gasteiger partial charge in [0.15, 0.2) is 0 Å². The molecule has 3 aliphatic rings. The molecule has 1 aliphatic heterocycles. The highest BCUT2D eigenvalue weighted by Gasteiger charge is 2.45. The molecule has 4 heteroatoms. The second-order valence-corrected chi connectivity index (χ2v) is 6.62. The Morgan fingerprint density at radius 3 is 2.95 bits per heavy atom. The Bertz CT molecular complexity index is 453. The van der Waals surface area contributed by atoms with Gasteiger partial charge in [0.1, 0.15) is 0 Å². The van der Waals surface area contributed by atoms with Crippen LogP contribution in [0.3, 0.4) is 0 Å². The topological polar surface area (TPSA) is 49.4 Å². The van der Waals surface area contributed by atoms with E-state index in [9.17, 15) is 9.59 Å². The van der Waals surface area contributed by atoms with E-state index in [1.165, 1.54) is 18.5 Å². The summed E-state index contributed by atoms with van der Waals surface area (Å²) in [5.74, 6) is 1.01. The fourth-order valence-electron chi connectivity index (χ4n) is 3.61. The average molecular weight is 276 g/mol. The van der Waals surface area contributed by atoms with Gasteiger partial charge in [-0.05, 0) is 44.4 Å². The monoisotopic (exact) mass is 276 g/mol. The summed E-state index contributed by atoms with van der Waals surface area (Å²) in [5.41, 5.74) is 1.22. The molecule has 1 atom stereocenters. The van der Waals surface area contributed by atoms with Crippen LogP contribution in [0.4, 0.5) is 0 Å². The molecule has 1 heterocycles. The Morgan fingerprint density at radius 2 is 2.25 bits per heavy atom. The SMILES string of the molecule is CC(=O)NCC12CCCC=C1N(CC1CC1)C(=O)CC2. The molecule has 2 aliphatic carbocycles. The van der Waals surface area contributed by atoms with Gasteiger partial charge in [-0.15, -0.1) is 0 Å². The number of fused-ring (bicyclic) bond motifs is 1. The van der Waals surface area contributed by atoms with E-state index in [4.69, 9.17) is 0 Å². The number of carbonyl (C=O) groups excluding carboxylic acids is 2. The lowest BCUT2D eigenvalue weighted by molar-refractivity contribution is -0.134. The molecule has 1 unspecified atom stereocenters. The highest BCUT2D eigenvalue weighted by atomic mass is 16.2. The number of likely N-dealkylation sites (tertiary alicyclic amines) is 1. The number of piperidine rings is 1. The Labute approximate surface area is 120 Å². The van der Waals surface area contributed by atoms with E-state index in [1.807, 2.05) is 4.90 Å². The molecule has 4 nitrogen and oxygen atoms in total. The van der Waals surface area contributed by atoms with Crippen LogP contribution < -0.4 is 5.32 Å². The zero-order chi connectivity index (χ0) is 14.2. The summed E-state index contributed by atoms with van der Waals surface area (Å²) in [6.07, 6.45) is 9.60. The van der Waals surface area contributed by atoms with Crippen molar-refractivity contribution in [2.24, 2.45) is 11.3 Å². The number of allylic oxidation sites excluding steroid dienone is 1. The minimum Gasteiger partial charge on any atom is -0.355 e. The third-order valence-electron chi connectivity index (χ3n) is 4.96. The minimum atomic E-state index is 0.00667. The smallest absolute Gasteiger partial charge is 0.226 e. The Hall–Kier alpha value is -1.32. The van der Waals surface area contributed by atoms with Gasteiger partial charge in [0.25, 0.3) is 0 Å². The molecule has 0 bridgehead atoms. The quantitative estimate of drug-likeness (QED) is 0.856. The molecule has 3 rings (SSSR count). The predicted molar refractivity (Wildman–Crippen MR) is 76.7 cm³/mol. The van der Waals surface area contributed by atoms with Crippen molar-refractivity contribution in [1.82, 2.24) is 10.2 Å². The number of rotatable bonds is 4. The van der Waals surface area contributed by atoms with Crippen LogP contribution in [0.25, 0.3) is 0 Å². The molecule has 2 amide bonds. The first kappa shape index (κ1) is 13.7. The molecule has 1 saturated carbocycles. The van der Waals surface area contributed by atoms with Gasteiger partial charge in [-0.3, -0.25) is 9.59 Å². The summed E-state index contributed by atoms with van der Waals surface area (Å²) >= 11 is 0. The first-order valence-corrected chi connectivity index (χ1v) is 7.86. The number of nitrogens with zero attached hydrogens (tertiary/aromatic N) is 1. The van der Waals surface area contributed by atoms with E-state index in [0.29, 0.717) is 18.9 Å². The molecule has 0 aromatic rings. The van der Waals surface area contributed by atoms with Crippen LogP contribution in [0.5, 0.6) is 0 Å². The van der Waals surface area contributed by atoms with Crippen LogP contribution in [-0.4, -0.2) is 29.8 Å².